The van der Waals surface area contributed by atoms with Gasteiger partial charge in [0.25, 0.3) is 0 Å². The molecule has 0 aromatic heterocycles. The number of carbonyl (C=O) groups excluding carboxylic acids is 2. The Bertz CT molecular complexity index is 758. The van der Waals surface area contributed by atoms with Crippen LogP contribution in [0.25, 0.3) is 0 Å². The Balaban J connectivity index is 1.62. The Morgan fingerprint density at radius 1 is 1.25 bits per heavy atom. The molecule has 1 atom stereocenters. The molecule has 0 saturated heterocycles. The van der Waals surface area contributed by atoms with Crippen molar-refractivity contribution in [1.29, 1.82) is 0 Å². The van der Waals surface area contributed by atoms with E-state index in [1.807, 2.05) is 48.5 Å². The van der Waals surface area contributed by atoms with Crippen molar-refractivity contribution in [2.75, 3.05) is 19.0 Å². The van der Waals surface area contributed by atoms with E-state index in [4.69, 9.17) is 4.74 Å². The average Bonchev–Trinajstić information content (AvgIpc) is 2.61. The zero-order valence-corrected chi connectivity index (χ0v) is 13.5. The number of nitrogens with one attached hydrogen (secondary N) is 2. The molecule has 24 heavy (non-hydrogen) atoms. The molecule has 2 amide bonds. The van der Waals surface area contributed by atoms with Crippen LogP contribution in [-0.2, 0) is 16.0 Å². The number of anilines is 1. The number of ether oxygens (including phenoxy) is 1. The van der Waals surface area contributed by atoms with Gasteiger partial charge in [0.05, 0.1) is 13.0 Å². The van der Waals surface area contributed by atoms with E-state index < -0.39 is 5.92 Å². The SMILES string of the molecule is COc1cccc(CCNC(=O)C2CC(=O)Nc3ccccc32)c1. The van der Waals surface area contributed by atoms with Crippen LogP contribution >= 0.6 is 0 Å². The summed E-state index contributed by atoms with van der Waals surface area (Å²) < 4.78 is 5.20. The topological polar surface area (TPSA) is 67.4 Å². The maximum absolute atomic E-state index is 12.5. The zero-order chi connectivity index (χ0) is 16.9. The van der Waals surface area contributed by atoms with E-state index in [9.17, 15) is 9.59 Å². The van der Waals surface area contributed by atoms with Gasteiger partial charge < -0.3 is 15.4 Å². The molecule has 1 aliphatic rings. The highest BCUT2D eigenvalue weighted by atomic mass is 16.5. The third-order valence-electron chi connectivity index (χ3n) is 4.16. The highest BCUT2D eigenvalue weighted by Gasteiger charge is 2.30. The van der Waals surface area contributed by atoms with Crippen LogP contribution in [0.1, 0.15) is 23.5 Å². The van der Waals surface area contributed by atoms with E-state index in [0.29, 0.717) is 13.0 Å². The maximum Gasteiger partial charge on any atom is 0.228 e. The van der Waals surface area contributed by atoms with Crippen molar-refractivity contribution in [2.24, 2.45) is 0 Å². The lowest BCUT2D eigenvalue weighted by Crippen LogP contribution is -2.35. The molecule has 0 bridgehead atoms. The minimum atomic E-state index is -0.430. The molecule has 1 unspecified atom stereocenters. The lowest BCUT2D eigenvalue weighted by atomic mass is 9.90. The summed E-state index contributed by atoms with van der Waals surface area (Å²) in [5.74, 6) is 0.138. The van der Waals surface area contributed by atoms with Crippen LogP contribution in [-0.4, -0.2) is 25.5 Å². The van der Waals surface area contributed by atoms with E-state index in [1.165, 1.54) is 0 Å². The summed E-state index contributed by atoms with van der Waals surface area (Å²) in [6.07, 6.45) is 0.894. The van der Waals surface area contributed by atoms with Gasteiger partial charge in [0, 0.05) is 18.7 Å². The van der Waals surface area contributed by atoms with Crippen LogP contribution in [0.2, 0.25) is 0 Å². The summed E-state index contributed by atoms with van der Waals surface area (Å²) in [6.45, 7) is 0.520. The Morgan fingerprint density at radius 3 is 2.92 bits per heavy atom. The quantitative estimate of drug-likeness (QED) is 0.888. The second-order valence-electron chi connectivity index (χ2n) is 5.78. The van der Waals surface area contributed by atoms with Gasteiger partial charge in [-0.25, -0.2) is 0 Å². The Morgan fingerprint density at radius 2 is 2.08 bits per heavy atom. The first-order valence-corrected chi connectivity index (χ1v) is 7.97. The average molecular weight is 324 g/mol. The summed E-state index contributed by atoms with van der Waals surface area (Å²) in [7, 11) is 1.63. The first-order chi connectivity index (χ1) is 11.7. The van der Waals surface area contributed by atoms with Gasteiger partial charge in [-0.05, 0) is 35.7 Å². The smallest absolute Gasteiger partial charge is 0.228 e. The number of amides is 2. The van der Waals surface area contributed by atoms with Gasteiger partial charge in [0.15, 0.2) is 0 Å². The fraction of sp³-hybridized carbons (Fsp3) is 0.263. The Kier molecular flexibility index (Phi) is 4.79. The van der Waals surface area contributed by atoms with Crippen LogP contribution in [0, 0.1) is 0 Å². The Labute approximate surface area is 141 Å². The predicted octanol–water partition coefficient (Wildman–Crippen LogP) is 2.48. The molecule has 2 aromatic rings. The number of hydrogen-bond donors (Lipinski definition) is 2. The summed E-state index contributed by atoms with van der Waals surface area (Å²) in [5.41, 5.74) is 2.69. The molecule has 2 N–H and O–H groups in total. The number of hydrogen-bond acceptors (Lipinski definition) is 3. The summed E-state index contributed by atoms with van der Waals surface area (Å²) in [5, 5.41) is 5.75. The van der Waals surface area contributed by atoms with Crippen molar-refractivity contribution in [3.63, 3.8) is 0 Å². The van der Waals surface area contributed by atoms with Gasteiger partial charge in [-0.1, -0.05) is 30.3 Å². The predicted molar refractivity (Wildman–Crippen MR) is 92.1 cm³/mol. The number of carbonyl (C=O) groups is 2. The lowest BCUT2D eigenvalue weighted by Gasteiger charge is -2.24. The second kappa shape index (κ2) is 7.17. The van der Waals surface area contributed by atoms with Crippen molar-refractivity contribution in [3.05, 3.63) is 59.7 Å². The van der Waals surface area contributed by atoms with Crippen LogP contribution in [0.3, 0.4) is 0 Å². The van der Waals surface area contributed by atoms with Gasteiger partial charge >= 0.3 is 0 Å². The number of methoxy groups -OCH3 is 1. The van der Waals surface area contributed by atoms with Crippen molar-refractivity contribution < 1.29 is 14.3 Å². The molecule has 124 valence electrons. The number of benzene rings is 2. The van der Waals surface area contributed by atoms with Gasteiger partial charge in [0.2, 0.25) is 11.8 Å². The van der Waals surface area contributed by atoms with Crippen LogP contribution in [0.15, 0.2) is 48.5 Å². The Hall–Kier alpha value is -2.82. The molecular weight excluding hydrogens is 304 g/mol. The van der Waals surface area contributed by atoms with Gasteiger partial charge in [-0.15, -0.1) is 0 Å². The standard InChI is InChI=1S/C19H20N2O3/c1-24-14-6-4-5-13(11-14)9-10-20-19(23)16-12-18(22)21-17-8-3-2-7-15(16)17/h2-8,11,16H,9-10,12H2,1H3,(H,20,23)(H,21,22). The molecule has 3 rings (SSSR count). The summed E-state index contributed by atoms with van der Waals surface area (Å²) >= 11 is 0. The van der Waals surface area contributed by atoms with Crippen molar-refractivity contribution >= 4 is 17.5 Å². The maximum atomic E-state index is 12.5. The molecule has 0 radical (unpaired) electrons. The van der Waals surface area contributed by atoms with Crippen molar-refractivity contribution in [1.82, 2.24) is 5.32 Å². The number of fused-ring (bicyclic) bond motifs is 1. The van der Waals surface area contributed by atoms with Crippen LogP contribution < -0.4 is 15.4 Å². The van der Waals surface area contributed by atoms with Gasteiger partial charge in [-0.2, -0.15) is 0 Å². The van der Waals surface area contributed by atoms with Crippen molar-refractivity contribution in [3.8, 4) is 5.75 Å². The molecule has 5 nitrogen and oxygen atoms in total. The number of para-hydroxylation sites is 1. The minimum Gasteiger partial charge on any atom is -0.497 e. The van der Waals surface area contributed by atoms with Gasteiger partial charge in [-0.3, -0.25) is 9.59 Å². The van der Waals surface area contributed by atoms with Crippen LogP contribution in [0.4, 0.5) is 5.69 Å². The summed E-state index contributed by atoms with van der Waals surface area (Å²) in [6, 6.07) is 15.2. The fourth-order valence-electron chi connectivity index (χ4n) is 2.93. The molecular formula is C19H20N2O3. The van der Waals surface area contributed by atoms with E-state index in [2.05, 4.69) is 10.6 Å². The zero-order valence-electron chi connectivity index (χ0n) is 13.5. The third-order valence-corrected chi connectivity index (χ3v) is 4.16. The van der Waals surface area contributed by atoms with E-state index in [0.717, 1.165) is 22.6 Å². The highest BCUT2D eigenvalue weighted by molar-refractivity contribution is 6.01. The molecule has 1 aliphatic heterocycles. The monoisotopic (exact) mass is 324 g/mol. The minimum absolute atomic E-state index is 0.111. The first-order valence-electron chi connectivity index (χ1n) is 7.97. The van der Waals surface area contributed by atoms with E-state index in [1.54, 1.807) is 7.11 Å². The van der Waals surface area contributed by atoms with E-state index >= 15 is 0 Å². The molecule has 5 heteroatoms. The molecule has 0 aliphatic carbocycles. The molecule has 2 aromatic carbocycles. The highest BCUT2D eigenvalue weighted by Crippen LogP contribution is 2.31. The van der Waals surface area contributed by atoms with Gasteiger partial charge in [0.1, 0.15) is 5.75 Å². The molecule has 0 spiro atoms. The molecule has 1 heterocycles. The van der Waals surface area contributed by atoms with Crippen LogP contribution in [0.5, 0.6) is 5.75 Å². The fourth-order valence-corrected chi connectivity index (χ4v) is 2.93. The van der Waals surface area contributed by atoms with E-state index in [-0.39, 0.29) is 18.2 Å². The third kappa shape index (κ3) is 3.56. The lowest BCUT2D eigenvalue weighted by molar-refractivity contribution is -0.126. The summed E-state index contributed by atoms with van der Waals surface area (Å²) in [4.78, 5) is 24.3. The second-order valence-corrected chi connectivity index (χ2v) is 5.78. The number of rotatable bonds is 5. The largest absolute Gasteiger partial charge is 0.497 e. The first kappa shape index (κ1) is 16.1. The molecule has 0 saturated carbocycles. The van der Waals surface area contributed by atoms with Crippen molar-refractivity contribution in [2.45, 2.75) is 18.8 Å². The molecule has 0 fully saturated rings. The normalized spacial score (nSPS) is 16.0.